The van der Waals surface area contributed by atoms with Crippen LogP contribution in [0.25, 0.3) is 0 Å². The summed E-state index contributed by atoms with van der Waals surface area (Å²) < 4.78 is 6.58. The molecule has 0 bridgehead atoms. The maximum atomic E-state index is 11.8. The third-order valence-electron chi connectivity index (χ3n) is 2.58. The molecule has 1 atom stereocenters. The van der Waals surface area contributed by atoms with Crippen molar-refractivity contribution in [1.29, 1.82) is 0 Å². The van der Waals surface area contributed by atoms with Crippen LogP contribution < -0.4 is 0 Å². The monoisotopic (exact) mass is 346 g/mol. The molecular formula is C14H19IO2. The Morgan fingerprint density at radius 1 is 1.35 bits per heavy atom. The molecule has 0 aliphatic heterocycles. The van der Waals surface area contributed by atoms with Gasteiger partial charge in [-0.1, -0.05) is 32.4 Å². The first kappa shape index (κ1) is 14.6. The molecule has 0 saturated carbocycles. The Kier molecular flexibility index (Phi) is 6.73. The molecule has 1 rings (SSSR count). The quantitative estimate of drug-likeness (QED) is 0.552. The zero-order valence-corrected chi connectivity index (χ0v) is 12.6. The van der Waals surface area contributed by atoms with Gasteiger partial charge < -0.3 is 4.74 Å². The summed E-state index contributed by atoms with van der Waals surface area (Å²) >= 11 is 2.22. The number of hydrogen-bond donors (Lipinski definition) is 0. The lowest BCUT2D eigenvalue weighted by Gasteiger charge is -2.10. The number of Topliss-reactive ketones (excluding diaryl/α,β-unsaturated/α-hetero) is 1. The number of ketones is 1. The largest absolute Gasteiger partial charge is 0.373 e. The number of benzene rings is 1. The first-order valence-electron chi connectivity index (χ1n) is 6.00. The SMILES string of the molecule is CCCC(C)COCC(=O)c1ccc(I)cc1. The summed E-state index contributed by atoms with van der Waals surface area (Å²) in [7, 11) is 0. The Morgan fingerprint density at radius 2 is 2.00 bits per heavy atom. The zero-order valence-electron chi connectivity index (χ0n) is 10.4. The van der Waals surface area contributed by atoms with Gasteiger partial charge in [-0.2, -0.15) is 0 Å². The summed E-state index contributed by atoms with van der Waals surface area (Å²) in [6, 6.07) is 7.58. The lowest BCUT2D eigenvalue weighted by Crippen LogP contribution is -2.13. The molecule has 0 fully saturated rings. The van der Waals surface area contributed by atoms with Gasteiger partial charge in [0.25, 0.3) is 0 Å². The summed E-state index contributed by atoms with van der Waals surface area (Å²) in [5, 5.41) is 0. The fourth-order valence-electron chi connectivity index (χ4n) is 1.65. The van der Waals surface area contributed by atoms with Gasteiger partial charge in [0.1, 0.15) is 6.61 Å². The highest BCUT2D eigenvalue weighted by Gasteiger charge is 2.07. The number of carbonyl (C=O) groups excluding carboxylic acids is 1. The van der Waals surface area contributed by atoms with Crippen molar-refractivity contribution in [3.8, 4) is 0 Å². The maximum absolute atomic E-state index is 11.8. The van der Waals surface area contributed by atoms with Crippen molar-refractivity contribution in [2.24, 2.45) is 5.92 Å². The third-order valence-corrected chi connectivity index (χ3v) is 3.30. The van der Waals surface area contributed by atoms with Gasteiger partial charge in [-0.3, -0.25) is 4.79 Å². The molecule has 1 aromatic carbocycles. The smallest absolute Gasteiger partial charge is 0.188 e. The summed E-state index contributed by atoms with van der Waals surface area (Å²) in [4.78, 5) is 11.8. The van der Waals surface area contributed by atoms with E-state index in [0.717, 1.165) is 22.0 Å². The molecule has 0 N–H and O–H groups in total. The van der Waals surface area contributed by atoms with Crippen LogP contribution in [-0.2, 0) is 4.74 Å². The summed E-state index contributed by atoms with van der Waals surface area (Å²) in [5.74, 6) is 0.592. The van der Waals surface area contributed by atoms with Gasteiger partial charge in [-0.25, -0.2) is 0 Å². The highest BCUT2D eigenvalue weighted by Crippen LogP contribution is 2.09. The van der Waals surface area contributed by atoms with Crippen LogP contribution in [0.2, 0.25) is 0 Å². The van der Waals surface area contributed by atoms with E-state index in [1.165, 1.54) is 0 Å². The van der Waals surface area contributed by atoms with E-state index >= 15 is 0 Å². The molecule has 94 valence electrons. The van der Waals surface area contributed by atoms with Crippen LogP contribution in [0, 0.1) is 9.49 Å². The zero-order chi connectivity index (χ0) is 12.7. The van der Waals surface area contributed by atoms with Crippen LogP contribution in [0.3, 0.4) is 0 Å². The highest BCUT2D eigenvalue weighted by atomic mass is 127. The average Bonchev–Trinajstić information content (AvgIpc) is 2.30. The molecule has 0 aliphatic carbocycles. The maximum Gasteiger partial charge on any atom is 0.188 e. The first-order chi connectivity index (χ1) is 8.13. The van der Waals surface area contributed by atoms with E-state index in [4.69, 9.17) is 4.74 Å². The second-order valence-corrected chi connectivity index (χ2v) is 5.58. The molecule has 2 nitrogen and oxygen atoms in total. The van der Waals surface area contributed by atoms with Crippen molar-refractivity contribution < 1.29 is 9.53 Å². The topological polar surface area (TPSA) is 26.3 Å². The van der Waals surface area contributed by atoms with Crippen LogP contribution in [0.5, 0.6) is 0 Å². The van der Waals surface area contributed by atoms with Crippen molar-refractivity contribution in [3.63, 3.8) is 0 Å². The summed E-state index contributed by atoms with van der Waals surface area (Å²) in [6.07, 6.45) is 2.31. The standard InChI is InChI=1S/C14H19IO2/c1-3-4-11(2)9-17-10-14(16)12-5-7-13(15)8-6-12/h5-8,11H,3-4,9-10H2,1-2H3. The van der Waals surface area contributed by atoms with Crippen LogP contribution in [-0.4, -0.2) is 19.0 Å². The predicted octanol–water partition coefficient (Wildman–Crippen LogP) is 3.93. The number of rotatable bonds is 7. The van der Waals surface area contributed by atoms with Crippen molar-refractivity contribution in [2.45, 2.75) is 26.7 Å². The van der Waals surface area contributed by atoms with E-state index in [2.05, 4.69) is 36.4 Å². The number of halogens is 1. The number of carbonyl (C=O) groups is 1. The first-order valence-corrected chi connectivity index (χ1v) is 7.08. The Morgan fingerprint density at radius 3 is 2.59 bits per heavy atom. The molecule has 0 spiro atoms. The molecule has 1 aromatic rings. The van der Waals surface area contributed by atoms with Gasteiger partial charge in [-0.05, 0) is 47.1 Å². The summed E-state index contributed by atoms with van der Waals surface area (Å²) in [5.41, 5.74) is 0.730. The van der Waals surface area contributed by atoms with E-state index in [1.54, 1.807) is 0 Å². The second kappa shape index (κ2) is 7.82. The molecule has 0 amide bonds. The Bertz CT molecular complexity index is 346. The van der Waals surface area contributed by atoms with E-state index in [-0.39, 0.29) is 12.4 Å². The summed E-state index contributed by atoms with van der Waals surface area (Å²) in [6.45, 7) is 5.17. The molecule has 3 heteroatoms. The van der Waals surface area contributed by atoms with Crippen LogP contribution in [0.4, 0.5) is 0 Å². The minimum Gasteiger partial charge on any atom is -0.373 e. The molecule has 0 radical (unpaired) electrons. The van der Waals surface area contributed by atoms with Gasteiger partial charge in [0.15, 0.2) is 5.78 Å². The highest BCUT2D eigenvalue weighted by molar-refractivity contribution is 14.1. The van der Waals surface area contributed by atoms with Gasteiger partial charge >= 0.3 is 0 Å². The Hall–Kier alpha value is -0.420. The Balaban J connectivity index is 2.32. The van der Waals surface area contributed by atoms with Crippen molar-refractivity contribution >= 4 is 28.4 Å². The predicted molar refractivity (Wildman–Crippen MR) is 78.4 cm³/mol. The Labute approximate surface area is 117 Å². The van der Waals surface area contributed by atoms with E-state index in [9.17, 15) is 4.79 Å². The van der Waals surface area contributed by atoms with Gasteiger partial charge in [0.2, 0.25) is 0 Å². The van der Waals surface area contributed by atoms with Gasteiger partial charge in [-0.15, -0.1) is 0 Å². The number of ether oxygens (including phenoxy) is 1. The average molecular weight is 346 g/mol. The van der Waals surface area contributed by atoms with E-state index in [0.29, 0.717) is 12.5 Å². The molecule has 0 aliphatic rings. The minimum absolute atomic E-state index is 0.0603. The molecule has 17 heavy (non-hydrogen) atoms. The van der Waals surface area contributed by atoms with Crippen LogP contribution in [0.15, 0.2) is 24.3 Å². The van der Waals surface area contributed by atoms with Gasteiger partial charge in [0.05, 0.1) is 0 Å². The van der Waals surface area contributed by atoms with Crippen molar-refractivity contribution in [1.82, 2.24) is 0 Å². The molecule has 1 unspecified atom stereocenters. The third kappa shape index (κ3) is 5.64. The molecular weight excluding hydrogens is 327 g/mol. The van der Waals surface area contributed by atoms with E-state index < -0.39 is 0 Å². The molecule has 0 heterocycles. The molecule has 0 saturated heterocycles. The van der Waals surface area contributed by atoms with Crippen LogP contribution >= 0.6 is 22.6 Å². The fraction of sp³-hybridized carbons (Fsp3) is 0.500. The number of hydrogen-bond acceptors (Lipinski definition) is 2. The normalized spacial score (nSPS) is 12.4. The lowest BCUT2D eigenvalue weighted by molar-refractivity contribution is 0.0683. The molecule has 0 aromatic heterocycles. The fourth-order valence-corrected chi connectivity index (χ4v) is 2.01. The second-order valence-electron chi connectivity index (χ2n) is 4.34. The van der Waals surface area contributed by atoms with Crippen LogP contribution in [0.1, 0.15) is 37.0 Å². The minimum atomic E-state index is 0.0603. The van der Waals surface area contributed by atoms with Crippen molar-refractivity contribution in [3.05, 3.63) is 33.4 Å². The van der Waals surface area contributed by atoms with Crippen molar-refractivity contribution in [2.75, 3.05) is 13.2 Å². The lowest BCUT2D eigenvalue weighted by atomic mass is 10.1. The van der Waals surface area contributed by atoms with E-state index in [1.807, 2.05) is 24.3 Å². The van der Waals surface area contributed by atoms with Gasteiger partial charge in [0, 0.05) is 15.7 Å².